The number of nitrogens with zero attached hydrogens (tertiary/aromatic N) is 3. The number of aromatic nitrogens is 3. The Morgan fingerprint density at radius 2 is 2.11 bits per heavy atom. The number of hydrogen-bond acceptors (Lipinski definition) is 5. The summed E-state index contributed by atoms with van der Waals surface area (Å²) >= 11 is 0. The topological polar surface area (TPSA) is 68.9 Å². The second kappa shape index (κ2) is 5.53. The Hall–Kier alpha value is -2.04. The Bertz CT molecular complexity index is 522. The Morgan fingerprint density at radius 1 is 1.39 bits per heavy atom. The molecule has 2 rings (SSSR count). The number of Topliss-reactive ketones (excluding diaryl/α,β-unsaturated/α-hetero) is 1. The van der Waals surface area contributed by atoms with E-state index in [-0.39, 0.29) is 11.7 Å². The fraction of sp³-hybridized carbons (Fsp3) is 0.385. The second-order valence-corrected chi connectivity index (χ2v) is 4.12. The summed E-state index contributed by atoms with van der Waals surface area (Å²) in [4.78, 5) is 19.7. The van der Waals surface area contributed by atoms with Crippen molar-refractivity contribution in [2.75, 3.05) is 0 Å². The van der Waals surface area contributed by atoms with Crippen LogP contribution in [0.25, 0.3) is 0 Å². The summed E-state index contributed by atoms with van der Waals surface area (Å²) in [6, 6.07) is 3.80. The first kappa shape index (κ1) is 12.4. The van der Waals surface area contributed by atoms with E-state index in [9.17, 15) is 4.79 Å². The van der Waals surface area contributed by atoms with Gasteiger partial charge in [0.25, 0.3) is 0 Å². The number of pyridine rings is 1. The summed E-state index contributed by atoms with van der Waals surface area (Å²) in [5.41, 5.74) is 1.06. The minimum atomic E-state index is -0.325. The molecule has 1 atom stereocenters. The van der Waals surface area contributed by atoms with Crippen LogP contribution >= 0.6 is 0 Å². The first-order valence-electron chi connectivity index (χ1n) is 5.94. The first-order valence-corrected chi connectivity index (χ1v) is 5.94. The zero-order chi connectivity index (χ0) is 13.0. The van der Waals surface area contributed by atoms with E-state index in [0.717, 1.165) is 5.56 Å². The molecule has 0 aliphatic heterocycles. The van der Waals surface area contributed by atoms with Crippen molar-refractivity contribution < 1.29 is 9.32 Å². The average molecular weight is 245 g/mol. The molecule has 0 aliphatic rings. The summed E-state index contributed by atoms with van der Waals surface area (Å²) in [5.74, 6) is 0.765. The summed E-state index contributed by atoms with van der Waals surface area (Å²) in [6.45, 7) is 3.61. The van der Waals surface area contributed by atoms with Gasteiger partial charge in [0, 0.05) is 25.2 Å². The van der Waals surface area contributed by atoms with Crippen molar-refractivity contribution >= 4 is 5.78 Å². The van der Waals surface area contributed by atoms with Crippen molar-refractivity contribution in [1.29, 1.82) is 0 Å². The molecule has 0 fully saturated rings. The molecular weight excluding hydrogens is 230 g/mol. The molecule has 2 heterocycles. The van der Waals surface area contributed by atoms with Crippen LogP contribution in [0.1, 0.15) is 43.5 Å². The molecule has 5 nitrogen and oxygen atoms in total. The standard InChI is InChI=1S/C13H15N3O2/c1-3-11(17)9(2)13-15-12(16-18-13)8-10-4-6-14-7-5-10/h4-7,9H,3,8H2,1-2H3. The Kier molecular flexibility index (Phi) is 3.82. The van der Waals surface area contributed by atoms with Crippen LogP contribution < -0.4 is 0 Å². The lowest BCUT2D eigenvalue weighted by Gasteiger charge is -2.01. The van der Waals surface area contributed by atoms with E-state index in [2.05, 4.69) is 15.1 Å². The van der Waals surface area contributed by atoms with Crippen LogP contribution in [0.15, 0.2) is 29.0 Å². The summed E-state index contributed by atoms with van der Waals surface area (Å²) in [6.07, 6.45) is 4.50. The highest BCUT2D eigenvalue weighted by Gasteiger charge is 2.20. The molecule has 0 radical (unpaired) electrons. The summed E-state index contributed by atoms with van der Waals surface area (Å²) in [5, 5.41) is 3.89. The van der Waals surface area contributed by atoms with Crippen LogP contribution in [-0.4, -0.2) is 20.9 Å². The Balaban J connectivity index is 2.09. The molecule has 0 bridgehead atoms. The molecule has 0 N–H and O–H groups in total. The highest BCUT2D eigenvalue weighted by molar-refractivity contribution is 5.83. The number of rotatable bonds is 5. The molecule has 0 aromatic carbocycles. The maximum Gasteiger partial charge on any atom is 0.236 e. The highest BCUT2D eigenvalue weighted by atomic mass is 16.5. The van der Waals surface area contributed by atoms with Crippen LogP contribution in [-0.2, 0) is 11.2 Å². The SMILES string of the molecule is CCC(=O)C(C)c1nc(Cc2ccncc2)no1. The molecule has 1 unspecified atom stereocenters. The molecule has 18 heavy (non-hydrogen) atoms. The summed E-state index contributed by atoms with van der Waals surface area (Å²) < 4.78 is 5.12. The maximum atomic E-state index is 11.5. The lowest BCUT2D eigenvalue weighted by Crippen LogP contribution is -2.07. The highest BCUT2D eigenvalue weighted by Crippen LogP contribution is 2.16. The quantitative estimate of drug-likeness (QED) is 0.807. The van der Waals surface area contributed by atoms with Gasteiger partial charge in [0.15, 0.2) is 5.82 Å². The van der Waals surface area contributed by atoms with Gasteiger partial charge >= 0.3 is 0 Å². The van der Waals surface area contributed by atoms with Gasteiger partial charge in [-0.05, 0) is 24.6 Å². The van der Waals surface area contributed by atoms with Gasteiger partial charge in [-0.1, -0.05) is 12.1 Å². The van der Waals surface area contributed by atoms with E-state index in [4.69, 9.17) is 4.52 Å². The smallest absolute Gasteiger partial charge is 0.236 e. The third-order valence-electron chi connectivity index (χ3n) is 2.80. The number of carbonyl (C=O) groups excluding carboxylic acids is 1. The fourth-order valence-corrected chi connectivity index (χ4v) is 1.64. The number of hydrogen-bond donors (Lipinski definition) is 0. The molecular formula is C13H15N3O2. The zero-order valence-corrected chi connectivity index (χ0v) is 10.5. The van der Waals surface area contributed by atoms with Crippen molar-refractivity contribution in [2.45, 2.75) is 32.6 Å². The van der Waals surface area contributed by atoms with Crippen molar-refractivity contribution in [2.24, 2.45) is 0 Å². The molecule has 2 aromatic heterocycles. The molecule has 0 amide bonds. The van der Waals surface area contributed by atoms with E-state index < -0.39 is 0 Å². The van der Waals surface area contributed by atoms with Crippen LogP contribution in [0.4, 0.5) is 0 Å². The molecule has 2 aromatic rings. The van der Waals surface area contributed by atoms with E-state index in [0.29, 0.717) is 24.6 Å². The van der Waals surface area contributed by atoms with E-state index in [1.165, 1.54) is 0 Å². The predicted octanol–water partition coefficient (Wildman–Crippen LogP) is 2.14. The van der Waals surface area contributed by atoms with Gasteiger partial charge in [-0.15, -0.1) is 0 Å². The minimum Gasteiger partial charge on any atom is -0.339 e. The maximum absolute atomic E-state index is 11.5. The first-order chi connectivity index (χ1) is 8.70. The molecule has 0 saturated carbocycles. The van der Waals surface area contributed by atoms with Gasteiger partial charge < -0.3 is 4.52 Å². The van der Waals surface area contributed by atoms with Crippen LogP contribution in [0.3, 0.4) is 0 Å². The molecule has 94 valence electrons. The zero-order valence-electron chi connectivity index (χ0n) is 10.5. The lowest BCUT2D eigenvalue weighted by molar-refractivity contribution is -0.120. The summed E-state index contributed by atoms with van der Waals surface area (Å²) in [7, 11) is 0. The third-order valence-corrected chi connectivity index (χ3v) is 2.80. The van der Waals surface area contributed by atoms with Gasteiger partial charge in [-0.2, -0.15) is 4.98 Å². The van der Waals surface area contributed by atoms with Crippen molar-refractivity contribution in [3.8, 4) is 0 Å². The lowest BCUT2D eigenvalue weighted by atomic mass is 10.1. The fourth-order valence-electron chi connectivity index (χ4n) is 1.64. The molecule has 0 spiro atoms. The van der Waals surface area contributed by atoms with E-state index in [1.54, 1.807) is 19.3 Å². The molecule has 0 saturated heterocycles. The van der Waals surface area contributed by atoms with E-state index >= 15 is 0 Å². The normalized spacial score (nSPS) is 12.3. The van der Waals surface area contributed by atoms with Crippen molar-refractivity contribution in [1.82, 2.24) is 15.1 Å². The van der Waals surface area contributed by atoms with Crippen LogP contribution in [0.2, 0.25) is 0 Å². The number of carbonyl (C=O) groups is 1. The largest absolute Gasteiger partial charge is 0.339 e. The van der Waals surface area contributed by atoms with Crippen LogP contribution in [0.5, 0.6) is 0 Å². The minimum absolute atomic E-state index is 0.106. The van der Waals surface area contributed by atoms with Gasteiger partial charge in [-0.3, -0.25) is 9.78 Å². The van der Waals surface area contributed by atoms with Crippen molar-refractivity contribution in [3.63, 3.8) is 0 Å². The van der Waals surface area contributed by atoms with Crippen molar-refractivity contribution in [3.05, 3.63) is 41.8 Å². The van der Waals surface area contributed by atoms with Gasteiger partial charge in [0.2, 0.25) is 5.89 Å². The van der Waals surface area contributed by atoms with Gasteiger partial charge in [0.05, 0.1) is 5.92 Å². The van der Waals surface area contributed by atoms with E-state index in [1.807, 2.05) is 19.1 Å². The Labute approximate surface area is 105 Å². The molecule has 5 heteroatoms. The predicted molar refractivity (Wildman–Crippen MR) is 65.1 cm³/mol. The molecule has 0 aliphatic carbocycles. The third kappa shape index (κ3) is 2.80. The van der Waals surface area contributed by atoms with Gasteiger partial charge in [0.1, 0.15) is 5.78 Å². The average Bonchev–Trinajstić information content (AvgIpc) is 2.86. The number of ketones is 1. The van der Waals surface area contributed by atoms with Crippen LogP contribution in [0, 0.1) is 0 Å². The Morgan fingerprint density at radius 3 is 2.78 bits per heavy atom. The monoisotopic (exact) mass is 245 g/mol. The second-order valence-electron chi connectivity index (χ2n) is 4.12. The van der Waals surface area contributed by atoms with Gasteiger partial charge in [-0.25, -0.2) is 0 Å².